The minimum atomic E-state index is 0.0586. The van der Waals surface area contributed by atoms with E-state index in [0.717, 1.165) is 31.8 Å². The van der Waals surface area contributed by atoms with Crippen LogP contribution < -0.4 is 10.1 Å². The molecule has 7 nitrogen and oxygen atoms in total. The van der Waals surface area contributed by atoms with Crippen molar-refractivity contribution in [1.82, 2.24) is 20.4 Å². The third-order valence-electron chi connectivity index (χ3n) is 4.51. The second-order valence-corrected chi connectivity index (χ2v) is 6.54. The molecular weight excluding hydrogens is 332 g/mol. The van der Waals surface area contributed by atoms with Crippen LogP contribution in [0.5, 0.6) is 5.75 Å². The van der Waals surface area contributed by atoms with Crippen molar-refractivity contribution in [1.29, 1.82) is 0 Å². The Morgan fingerprint density at radius 1 is 1.38 bits per heavy atom. The molecule has 1 aromatic heterocycles. The number of likely N-dealkylation sites (N-methyl/N-ethyl adjacent to an activating group) is 1. The zero-order chi connectivity index (χ0) is 18.4. The Morgan fingerprint density at radius 2 is 2.19 bits per heavy atom. The van der Waals surface area contributed by atoms with Crippen molar-refractivity contribution < 1.29 is 14.1 Å². The average molecular weight is 358 g/mol. The summed E-state index contributed by atoms with van der Waals surface area (Å²) in [4.78, 5) is 19.0. The fourth-order valence-corrected chi connectivity index (χ4v) is 2.92. The number of nitrogens with zero attached hydrogens (tertiary/aromatic N) is 3. The molecule has 7 heteroatoms. The van der Waals surface area contributed by atoms with Gasteiger partial charge in [0.2, 0.25) is 5.89 Å². The topological polar surface area (TPSA) is 80.5 Å². The van der Waals surface area contributed by atoms with Crippen LogP contribution >= 0.6 is 0 Å². The maximum Gasteiger partial charge on any atom is 0.227 e. The number of ether oxygens (including phenoxy) is 1. The molecule has 1 saturated heterocycles. The second kappa shape index (κ2) is 8.91. The van der Waals surface area contributed by atoms with Crippen LogP contribution in [0.25, 0.3) is 0 Å². The van der Waals surface area contributed by atoms with Crippen molar-refractivity contribution in [3.63, 3.8) is 0 Å². The molecule has 1 aliphatic heterocycles. The Kier molecular flexibility index (Phi) is 6.35. The maximum absolute atomic E-state index is 12.4. The Hall–Kier alpha value is -2.25. The van der Waals surface area contributed by atoms with E-state index in [4.69, 9.17) is 9.26 Å². The lowest BCUT2D eigenvalue weighted by Gasteiger charge is -2.30. The third kappa shape index (κ3) is 4.68. The van der Waals surface area contributed by atoms with Crippen LogP contribution in [0.4, 0.5) is 0 Å². The molecule has 3 rings (SSSR count). The first-order valence-electron chi connectivity index (χ1n) is 9.17. The Morgan fingerprint density at radius 3 is 2.92 bits per heavy atom. The Bertz CT molecular complexity index is 714. The molecule has 26 heavy (non-hydrogen) atoms. The first-order chi connectivity index (χ1) is 12.7. The first kappa shape index (κ1) is 18.5. The molecule has 1 fully saturated rings. The van der Waals surface area contributed by atoms with Crippen molar-refractivity contribution in [2.45, 2.75) is 32.2 Å². The standard InChI is InChI=1S/C19H26N4O3/c1-3-12-25-15-6-4-14(5-7-15)17(24)8-9-18-21-19(22-26-18)16-13-20-10-11-23(16)2/h4-7,16,20H,3,8-13H2,1-2H3. The van der Waals surface area contributed by atoms with Gasteiger partial charge in [-0.2, -0.15) is 4.98 Å². The summed E-state index contributed by atoms with van der Waals surface area (Å²) >= 11 is 0. The van der Waals surface area contributed by atoms with Crippen molar-refractivity contribution in [3.8, 4) is 5.75 Å². The van der Waals surface area contributed by atoms with Crippen molar-refractivity contribution in [3.05, 3.63) is 41.5 Å². The highest BCUT2D eigenvalue weighted by Gasteiger charge is 2.25. The van der Waals surface area contributed by atoms with E-state index in [1.807, 2.05) is 12.1 Å². The van der Waals surface area contributed by atoms with E-state index in [2.05, 4.69) is 34.3 Å². The van der Waals surface area contributed by atoms with Crippen molar-refractivity contribution in [2.75, 3.05) is 33.3 Å². The first-order valence-corrected chi connectivity index (χ1v) is 9.17. The zero-order valence-corrected chi connectivity index (χ0v) is 15.4. The lowest BCUT2D eigenvalue weighted by atomic mass is 10.1. The summed E-state index contributed by atoms with van der Waals surface area (Å²) in [5.74, 6) is 2.04. The van der Waals surface area contributed by atoms with Crippen LogP contribution in [0.2, 0.25) is 0 Å². The molecule has 1 aromatic carbocycles. The largest absolute Gasteiger partial charge is 0.494 e. The lowest BCUT2D eigenvalue weighted by molar-refractivity contribution is 0.0979. The minimum absolute atomic E-state index is 0.0586. The van der Waals surface area contributed by atoms with Crippen LogP contribution in [0, 0.1) is 0 Å². The number of carbonyl (C=O) groups is 1. The monoisotopic (exact) mass is 358 g/mol. The smallest absolute Gasteiger partial charge is 0.227 e. The Balaban J connectivity index is 1.53. The number of aromatic nitrogens is 2. The number of rotatable bonds is 8. The molecule has 1 atom stereocenters. The molecule has 0 radical (unpaired) electrons. The van der Waals surface area contributed by atoms with Gasteiger partial charge in [-0.05, 0) is 37.7 Å². The molecule has 0 amide bonds. The van der Waals surface area contributed by atoms with E-state index < -0.39 is 0 Å². The summed E-state index contributed by atoms with van der Waals surface area (Å²) in [7, 11) is 2.05. The predicted octanol–water partition coefficient (Wildman–Crippen LogP) is 2.25. The van der Waals surface area contributed by atoms with E-state index in [-0.39, 0.29) is 11.8 Å². The van der Waals surface area contributed by atoms with E-state index in [0.29, 0.717) is 36.7 Å². The molecule has 1 N–H and O–H groups in total. The summed E-state index contributed by atoms with van der Waals surface area (Å²) in [6, 6.07) is 7.39. The molecule has 0 saturated carbocycles. The number of aryl methyl sites for hydroxylation is 1. The Labute approximate surface area is 153 Å². The summed E-state index contributed by atoms with van der Waals surface area (Å²) in [5, 5.41) is 7.42. The molecule has 0 spiro atoms. The van der Waals surface area contributed by atoms with Crippen LogP contribution in [0.1, 0.15) is 47.9 Å². The van der Waals surface area contributed by atoms with Gasteiger partial charge in [-0.15, -0.1) is 0 Å². The van der Waals surface area contributed by atoms with E-state index in [1.54, 1.807) is 12.1 Å². The van der Waals surface area contributed by atoms with Gasteiger partial charge in [-0.1, -0.05) is 12.1 Å². The molecule has 0 aliphatic carbocycles. The van der Waals surface area contributed by atoms with E-state index in [9.17, 15) is 4.79 Å². The summed E-state index contributed by atoms with van der Waals surface area (Å²) in [5.41, 5.74) is 0.671. The highest BCUT2D eigenvalue weighted by Crippen LogP contribution is 2.19. The summed E-state index contributed by atoms with van der Waals surface area (Å²) in [6.45, 7) is 5.46. The second-order valence-electron chi connectivity index (χ2n) is 6.54. The highest BCUT2D eigenvalue weighted by atomic mass is 16.5. The van der Waals surface area contributed by atoms with Crippen molar-refractivity contribution >= 4 is 5.78 Å². The normalized spacial score (nSPS) is 18.0. The SMILES string of the molecule is CCCOc1ccc(C(=O)CCc2nc(C3CNCCN3C)no2)cc1. The summed E-state index contributed by atoms with van der Waals surface area (Å²) in [6.07, 6.45) is 1.75. The number of piperazine rings is 1. The van der Waals surface area contributed by atoms with Crippen LogP contribution in [-0.4, -0.2) is 54.1 Å². The molecule has 2 heterocycles. The van der Waals surface area contributed by atoms with Gasteiger partial charge in [0.15, 0.2) is 11.6 Å². The van der Waals surface area contributed by atoms with Crippen molar-refractivity contribution in [2.24, 2.45) is 0 Å². The number of benzene rings is 1. The molecule has 1 aliphatic rings. The van der Waals surface area contributed by atoms with Gasteiger partial charge in [-0.3, -0.25) is 9.69 Å². The van der Waals surface area contributed by atoms with Gasteiger partial charge in [0.25, 0.3) is 0 Å². The molecule has 0 bridgehead atoms. The fraction of sp³-hybridized carbons (Fsp3) is 0.526. The molecule has 2 aromatic rings. The van der Waals surface area contributed by atoms with Gasteiger partial charge < -0.3 is 14.6 Å². The van der Waals surface area contributed by atoms with Crippen LogP contribution in [0.15, 0.2) is 28.8 Å². The molecule has 1 unspecified atom stereocenters. The third-order valence-corrected chi connectivity index (χ3v) is 4.51. The van der Waals surface area contributed by atoms with Gasteiger partial charge >= 0.3 is 0 Å². The van der Waals surface area contributed by atoms with Crippen LogP contribution in [-0.2, 0) is 6.42 Å². The summed E-state index contributed by atoms with van der Waals surface area (Å²) < 4.78 is 10.9. The number of ketones is 1. The number of carbonyl (C=O) groups excluding carboxylic acids is 1. The average Bonchev–Trinajstić information content (AvgIpc) is 3.14. The quantitative estimate of drug-likeness (QED) is 0.725. The maximum atomic E-state index is 12.4. The predicted molar refractivity (Wildman–Crippen MR) is 97.4 cm³/mol. The van der Waals surface area contributed by atoms with Gasteiger partial charge in [-0.25, -0.2) is 0 Å². The van der Waals surface area contributed by atoms with Crippen LogP contribution in [0.3, 0.4) is 0 Å². The van der Waals surface area contributed by atoms with E-state index in [1.165, 1.54) is 0 Å². The van der Waals surface area contributed by atoms with Gasteiger partial charge in [0.1, 0.15) is 5.75 Å². The lowest BCUT2D eigenvalue weighted by Crippen LogP contribution is -2.44. The van der Waals surface area contributed by atoms with Gasteiger partial charge in [0, 0.05) is 38.0 Å². The molecular formula is C19H26N4O3. The highest BCUT2D eigenvalue weighted by molar-refractivity contribution is 5.96. The van der Waals surface area contributed by atoms with Gasteiger partial charge in [0.05, 0.1) is 12.6 Å². The number of hydrogen-bond donors (Lipinski definition) is 1. The molecule has 140 valence electrons. The zero-order valence-electron chi connectivity index (χ0n) is 15.4. The number of Topliss-reactive ketones (excluding diaryl/α,β-unsaturated/α-hetero) is 1. The van der Waals surface area contributed by atoms with E-state index >= 15 is 0 Å². The fourth-order valence-electron chi connectivity index (χ4n) is 2.92. The number of hydrogen-bond acceptors (Lipinski definition) is 7. The number of nitrogens with one attached hydrogen (secondary N) is 1. The minimum Gasteiger partial charge on any atom is -0.494 e.